The van der Waals surface area contributed by atoms with Gasteiger partial charge in [0.1, 0.15) is 22.6 Å². The largest absolute Gasteiger partial charge is 0.508 e. The molecule has 0 aliphatic carbocycles. The van der Waals surface area contributed by atoms with Crippen LogP contribution in [0.15, 0.2) is 42.5 Å². The van der Waals surface area contributed by atoms with E-state index in [1.54, 1.807) is 24.3 Å². The van der Waals surface area contributed by atoms with E-state index in [-0.39, 0.29) is 11.3 Å². The van der Waals surface area contributed by atoms with Crippen LogP contribution < -0.4 is 14.1 Å². The quantitative estimate of drug-likeness (QED) is 0.489. The molecule has 0 bridgehead atoms. The van der Waals surface area contributed by atoms with Gasteiger partial charge in [-0.1, -0.05) is 25.8 Å². The zero-order valence-electron chi connectivity index (χ0n) is 19.3. The molecule has 3 rings (SSSR count). The van der Waals surface area contributed by atoms with Gasteiger partial charge in [0.25, 0.3) is 0 Å². The van der Waals surface area contributed by atoms with Crippen LogP contribution in [-0.2, 0) is 0 Å². The number of phenolic OH excluding ortho intramolecular Hbond substituents is 1. The molecule has 1 heterocycles. The number of benzene rings is 2. The van der Waals surface area contributed by atoms with E-state index in [0.29, 0.717) is 10.4 Å². The van der Waals surface area contributed by atoms with E-state index in [9.17, 15) is 15.6 Å². The van der Waals surface area contributed by atoms with Crippen molar-refractivity contribution in [2.45, 2.75) is 40.0 Å². The number of anilines is 1. The van der Waals surface area contributed by atoms with Crippen molar-refractivity contribution in [2.24, 2.45) is 0 Å². The van der Waals surface area contributed by atoms with Crippen molar-refractivity contribution in [2.75, 3.05) is 18.0 Å². The molecule has 0 radical (unpaired) electrons. The summed E-state index contributed by atoms with van der Waals surface area (Å²) in [4.78, 5) is 7.00. The third kappa shape index (κ3) is 5.80. The first kappa shape index (κ1) is 24.0. The van der Waals surface area contributed by atoms with E-state index >= 15 is 0 Å². The predicted octanol–water partition coefficient (Wildman–Crippen LogP) is 4.87. The van der Waals surface area contributed by atoms with Gasteiger partial charge in [0.15, 0.2) is 5.57 Å². The normalized spacial score (nSPS) is 11.1. The maximum atomic E-state index is 9.65. The fourth-order valence-corrected chi connectivity index (χ4v) is 4.65. The van der Waals surface area contributed by atoms with Crippen molar-refractivity contribution < 1.29 is 5.11 Å². The van der Waals surface area contributed by atoms with Gasteiger partial charge in [0.2, 0.25) is 0 Å². The van der Waals surface area contributed by atoms with E-state index in [0.717, 1.165) is 34.3 Å². The first-order chi connectivity index (χ1) is 16.0. The number of aromatic hydroxyl groups is 1. The van der Waals surface area contributed by atoms with Crippen LogP contribution in [0, 0.1) is 29.6 Å². The molecular weight excluding hydrogens is 428 g/mol. The van der Waals surface area contributed by atoms with Gasteiger partial charge in [-0.15, -0.1) is 11.3 Å². The van der Waals surface area contributed by atoms with Crippen LogP contribution in [0.25, 0.3) is 22.9 Å². The molecule has 0 saturated heterocycles. The van der Waals surface area contributed by atoms with Crippen molar-refractivity contribution in [3.05, 3.63) is 62.8 Å². The van der Waals surface area contributed by atoms with Crippen molar-refractivity contribution in [1.29, 1.82) is 10.5 Å². The number of aryl methyl sites for hydroxylation is 1. The molecule has 168 valence electrons. The first-order valence-corrected chi connectivity index (χ1v) is 12.0. The second-order valence-electron chi connectivity index (χ2n) is 7.85. The summed E-state index contributed by atoms with van der Waals surface area (Å²) in [5.74, 6) is 0.173. The number of hydrogen-bond donors (Lipinski definition) is 1. The van der Waals surface area contributed by atoms with Crippen LogP contribution in [0.2, 0.25) is 0 Å². The minimum Gasteiger partial charge on any atom is -0.508 e. The summed E-state index contributed by atoms with van der Waals surface area (Å²) in [5, 5.41) is 28.3. The number of hydrogen-bond acceptors (Lipinski definition) is 6. The number of phenols is 1. The van der Waals surface area contributed by atoms with Gasteiger partial charge >= 0.3 is 0 Å². The van der Waals surface area contributed by atoms with Crippen LogP contribution in [0.1, 0.15) is 44.2 Å². The van der Waals surface area contributed by atoms with Gasteiger partial charge in [-0.25, -0.2) is 4.98 Å². The molecule has 1 N–H and O–H groups in total. The van der Waals surface area contributed by atoms with Crippen LogP contribution >= 0.6 is 11.3 Å². The van der Waals surface area contributed by atoms with Gasteiger partial charge in [0, 0.05) is 24.3 Å². The number of nitrogens with zero attached hydrogens (tertiary/aromatic N) is 4. The third-order valence-electron chi connectivity index (χ3n) is 5.55. The van der Waals surface area contributed by atoms with Crippen LogP contribution in [0.3, 0.4) is 0 Å². The molecule has 0 spiro atoms. The van der Waals surface area contributed by atoms with E-state index in [2.05, 4.69) is 54.9 Å². The lowest BCUT2D eigenvalue weighted by atomic mass is 10.1. The Bertz CT molecular complexity index is 1290. The van der Waals surface area contributed by atoms with Gasteiger partial charge in [0.05, 0.1) is 10.2 Å². The fraction of sp³-hybridized carbons (Fsp3) is 0.296. The molecular formula is C27H28N4OS. The number of rotatable bonds is 8. The molecule has 5 nitrogen and oxygen atoms in total. The summed E-state index contributed by atoms with van der Waals surface area (Å²) in [6, 6.07) is 17.1. The highest BCUT2D eigenvalue weighted by Crippen LogP contribution is 2.22. The maximum absolute atomic E-state index is 9.65. The third-order valence-corrected chi connectivity index (χ3v) is 6.57. The summed E-state index contributed by atoms with van der Waals surface area (Å²) in [7, 11) is 0. The smallest absolute Gasteiger partial charge is 0.165 e. The van der Waals surface area contributed by atoms with E-state index in [4.69, 9.17) is 0 Å². The van der Waals surface area contributed by atoms with Crippen LogP contribution in [-0.4, -0.2) is 23.2 Å². The Balaban J connectivity index is 2.09. The molecule has 2 aromatic carbocycles. The van der Waals surface area contributed by atoms with Crippen molar-refractivity contribution in [3.63, 3.8) is 0 Å². The Morgan fingerprint density at radius 3 is 2.42 bits per heavy atom. The zero-order valence-corrected chi connectivity index (χ0v) is 20.1. The summed E-state index contributed by atoms with van der Waals surface area (Å²) in [5.41, 5.74) is 4.94. The second kappa shape index (κ2) is 11.3. The van der Waals surface area contributed by atoms with Gasteiger partial charge < -0.3 is 10.0 Å². The molecule has 0 unspecified atom stereocenters. The zero-order chi connectivity index (χ0) is 23.8. The lowest BCUT2D eigenvalue weighted by Gasteiger charge is -2.24. The number of unbranched alkanes of at least 4 members (excludes halogenated alkanes) is 2. The topological polar surface area (TPSA) is 83.9 Å². The molecule has 0 amide bonds. The van der Waals surface area contributed by atoms with Gasteiger partial charge in [-0.05, 0) is 73.9 Å². The summed E-state index contributed by atoms with van der Waals surface area (Å²) in [6.07, 6.45) is 5.69. The van der Waals surface area contributed by atoms with Gasteiger partial charge in [-0.2, -0.15) is 10.5 Å². The monoisotopic (exact) mass is 456 g/mol. The van der Waals surface area contributed by atoms with Crippen LogP contribution in [0.5, 0.6) is 5.75 Å². The van der Waals surface area contributed by atoms with E-state index in [1.165, 1.54) is 36.3 Å². The minimum atomic E-state index is -0.00239. The van der Waals surface area contributed by atoms with Crippen molar-refractivity contribution in [3.8, 4) is 29.1 Å². The number of nitriles is 2. The summed E-state index contributed by atoms with van der Waals surface area (Å²) >= 11 is 1.33. The standard InChI is InChI=1S/C27H28N4OS/c1-4-6-7-14-31(5-2)23-11-8-21(19(3)15-23)16-25-26(20-9-12-24(32)13-10-20)30-27(33-25)22(17-28)18-29/h8-13,15-16,32H,4-7,14H2,1-3H3/b25-16+. The van der Waals surface area contributed by atoms with Gasteiger partial charge in [-0.3, -0.25) is 0 Å². The Labute approximate surface area is 199 Å². The maximum Gasteiger partial charge on any atom is 0.165 e. The van der Waals surface area contributed by atoms with Crippen molar-refractivity contribution >= 4 is 28.7 Å². The highest BCUT2D eigenvalue weighted by Gasteiger charge is 2.10. The molecule has 0 fully saturated rings. The van der Waals surface area contributed by atoms with Crippen LogP contribution in [0.4, 0.5) is 5.69 Å². The second-order valence-corrected chi connectivity index (χ2v) is 8.88. The molecule has 0 saturated carbocycles. The highest BCUT2D eigenvalue weighted by atomic mass is 32.1. The molecule has 0 aliphatic heterocycles. The Hall–Kier alpha value is -3.61. The molecule has 3 aromatic rings. The summed E-state index contributed by atoms with van der Waals surface area (Å²) in [6.45, 7) is 8.52. The first-order valence-electron chi connectivity index (χ1n) is 11.2. The Morgan fingerprint density at radius 1 is 1.09 bits per heavy atom. The van der Waals surface area contributed by atoms with E-state index < -0.39 is 0 Å². The molecule has 0 aliphatic rings. The lowest BCUT2D eigenvalue weighted by Crippen LogP contribution is -2.23. The van der Waals surface area contributed by atoms with Crippen molar-refractivity contribution in [1.82, 2.24) is 4.98 Å². The predicted molar refractivity (Wildman–Crippen MR) is 135 cm³/mol. The average molecular weight is 457 g/mol. The highest BCUT2D eigenvalue weighted by molar-refractivity contribution is 7.08. The lowest BCUT2D eigenvalue weighted by molar-refractivity contribution is 0.475. The summed E-state index contributed by atoms with van der Waals surface area (Å²) < 4.78 is 1.27. The Kier molecular flexibility index (Phi) is 8.24. The minimum absolute atomic E-state index is 0.00239. The molecule has 33 heavy (non-hydrogen) atoms. The SMILES string of the molecule is CCCCCN(CC)c1ccc(/C=c2/sc(=C(C#N)C#N)nc2-c2ccc(O)cc2)c(C)c1. The number of thiazole rings is 1. The Morgan fingerprint density at radius 2 is 1.82 bits per heavy atom. The molecule has 6 heteroatoms. The fourth-order valence-electron chi connectivity index (χ4n) is 3.67. The number of aromatic nitrogens is 1. The molecule has 0 atom stereocenters. The molecule has 1 aromatic heterocycles. The van der Waals surface area contributed by atoms with E-state index in [1.807, 2.05) is 12.1 Å². The average Bonchev–Trinajstić information content (AvgIpc) is 3.23.